The SMILES string of the molecule is Cc1ccc(NC(=O)c2cc(C(F)(F)F)ccn2)cc1-c1cnc(OCCO)c(N2CCOCC2)c1. The van der Waals surface area contributed by atoms with E-state index in [2.05, 4.69) is 20.2 Å². The van der Waals surface area contributed by atoms with Crippen LogP contribution in [0.1, 0.15) is 21.6 Å². The number of aromatic nitrogens is 2. The van der Waals surface area contributed by atoms with Gasteiger partial charge in [0, 0.05) is 36.7 Å². The maximum Gasteiger partial charge on any atom is 0.416 e. The molecule has 1 fully saturated rings. The van der Waals surface area contributed by atoms with Gasteiger partial charge in [0.25, 0.3) is 5.91 Å². The number of aliphatic hydroxyl groups is 1. The third-order valence-electron chi connectivity index (χ3n) is 5.64. The minimum absolute atomic E-state index is 0.105. The van der Waals surface area contributed by atoms with Crippen LogP contribution in [0.2, 0.25) is 0 Å². The number of carbonyl (C=O) groups is 1. The zero-order chi connectivity index (χ0) is 25.7. The Bertz CT molecular complexity index is 1230. The first-order valence-electron chi connectivity index (χ1n) is 11.3. The minimum Gasteiger partial charge on any atom is -0.474 e. The summed E-state index contributed by atoms with van der Waals surface area (Å²) in [6.07, 6.45) is -1.98. The highest BCUT2D eigenvalue weighted by Crippen LogP contribution is 2.34. The molecule has 4 rings (SSSR count). The zero-order valence-corrected chi connectivity index (χ0v) is 19.5. The van der Waals surface area contributed by atoms with Crippen molar-refractivity contribution in [2.45, 2.75) is 13.1 Å². The van der Waals surface area contributed by atoms with Crippen LogP contribution in [0.5, 0.6) is 5.88 Å². The molecule has 0 bridgehead atoms. The molecule has 0 aliphatic carbocycles. The number of rotatable bonds is 7. The minimum atomic E-state index is -4.58. The number of anilines is 2. The van der Waals surface area contributed by atoms with Crippen LogP contribution in [0, 0.1) is 6.92 Å². The molecule has 1 saturated heterocycles. The quantitative estimate of drug-likeness (QED) is 0.505. The van der Waals surface area contributed by atoms with Crippen molar-refractivity contribution in [3.05, 3.63) is 65.6 Å². The monoisotopic (exact) mass is 502 g/mol. The summed E-state index contributed by atoms with van der Waals surface area (Å²) in [5, 5.41) is 11.8. The highest BCUT2D eigenvalue weighted by molar-refractivity contribution is 6.03. The van der Waals surface area contributed by atoms with Crippen molar-refractivity contribution in [1.82, 2.24) is 9.97 Å². The second-order valence-corrected chi connectivity index (χ2v) is 8.13. The maximum absolute atomic E-state index is 13.0. The third kappa shape index (κ3) is 5.92. The maximum atomic E-state index is 13.0. The number of hydrogen-bond donors (Lipinski definition) is 2. The molecule has 2 N–H and O–H groups in total. The Morgan fingerprint density at radius 1 is 1.17 bits per heavy atom. The Morgan fingerprint density at radius 2 is 1.94 bits per heavy atom. The molecule has 1 aliphatic rings. The van der Waals surface area contributed by atoms with Gasteiger partial charge < -0.3 is 24.8 Å². The van der Waals surface area contributed by atoms with Crippen LogP contribution in [-0.2, 0) is 10.9 Å². The van der Waals surface area contributed by atoms with Gasteiger partial charge in [-0.2, -0.15) is 13.2 Å². The molecular formula is C25H25F3N4O4. The number of benzene rings is 1. The van der Waals surface area contributed by atoms with Crippen molar-refractivity contribution in [2.24, 2.45) is 0 Å². The largest absolute Gasteiger partial charge is 0.474 e. The number of hydrogen-bond acceptors (Lipinski definition) is 7. The van der Waals surface area contributed by atoms with Gasteiger partial charge in [-0.1, -0.05) is 6.07 Å². The molecule has 1 aliphatic heterocycles. The van der Waals surface area contributed by atoms with Gasteiger partial charge in [-0.15, -0.1) is 0 Å². The normalized spacial score (nSPS) is 14.0. The summed E-state index contributed by atoms with van der Waals surface area (Å²) < 4.78 is 50.1. The molecule has 0 radical (unpaired) electrons. The molecule has 11 heteroatoms. The Kier molecular flexibility index (Phi) is 7.70. The predicted molar refractivity (Wildman–Crippen MR) is 127 cm³/mol. The van der Waals surface area contributed by atoms with E-state index in [1.54, 1.807) is 24.4 Å². The number of nitrogens with one attached hydrogen (secondary N) is 1. The van der Waals surface area contributed by atoms with Crippen LogP contribution in [0.4, 0.5) is 24.5 Å². The summed E-state index contributed by atoms with van der Waals surface area (Å²) in [5.41, 5.74) is 2.31. The first-order chi connectivity index (χ1) is 17.3. The molecule has 2 aromatic heterocycles. The molecule has 1 amide bonds. The summed E-state index contributed by atoms with van der Waals surface area (Å²) in [6, 6.07) is 8.65. The number of aliphatic hydroxyl groups excluding tert-OH is 1. The number of halogens is 3. The van der Waals surface area contributed by atoms with Crippen LogP contribution in [-0.4, -0.2) is 60.5 Å². The van der Waals surface area contributed by atoms with Gasteiger partial charge in [-0.3, -0.25) is 9.78 Å². The second kappa shape index (κ2) is 10.9. The fourth-order valence-corrected chi connectivity index (χ4v) is 3.81. The standard InChI is InChI=1S/C25H25F3N4O4/c1-16-2-3-19(31-23(34)21-13-18(4-5-29-21)25(26,27)28)14-20(16)17-12-22(32-6-9-35-10-7-32)24(30-15-17)36-11-8-33/h2-5,12-15,33H,6-11H2,1H3,(H,31,34). The van der Waals surface area contributed by atoms with E-state index >= 15 is 0 Å². The van der Waals surface area contributed by atoms with E-state index in [0.717, 1.165) is 34.6 Å². The van der Waals surface area contributed by atoms with Crippen molar-refractivity contribution in [3.63, 3.8) is 0 Å². The van der Waals surface area contributed by atoms with E-state index in [-0.39, 0.29) is 18.9 Å². The van der Waals surface area contributed by atoms with Gasteiger partial charge in [0.1, 0.15) is 18.0 Å². The molecule has 0 spiro atoms. The second-order valence-electron chi connectivity index (χ2n) is 8.13. The van der Waals surface area contributed by atoms with E-state index in [9.17, 15) is 18.0 Å². The lowest BCUT2D eigenvalue weighted by Crippen LogP contribution is -2.36. The molecule has 36 heavy (non-hydrogen) atoms. The van der Waals surface area contributed by atoms with Crippen molar-refractivity contribution >= 4 is 17.3 Å². The third-order valence-corrected chi connectivity index (χ3v) is 5.64. The van der Waals surface area contributed by atoms with E-state index in [1.165, 1.54) is 0 Å². The van der Waals surface area contributed by atoms with Crippen molar-refractivity contribution in [1.29, 1.82) is 0 Å². The van der Waals surface area contributed by atoms with Crippen LogP contribution in [0.25, 0.3) is 11.1 Å². The van der Waals surface area contributed by atoms with E-state index in [1.807, 2.05) is 13.0 Å². The van der Waals surface area contributed by atoms with Crippen molar-refractivity contribution in [3.8, 4) is 17.0 Å². The first kappa shape index (κ1) is 25.4. The predicted octanol–water partition coefficient (Wildman–Crippen LogP) is 3.93. The molecular weight excluding hydrogens is 477 g/mol. The number of nitrogens with zero attached hydrogens (tertiary/aromatic N) is 3. The summed E-state index contributed by atoms with van der Waals surface area (Å²) in [4.78, 5) is 22.9. The highest BCUT2D eigenvalue weighted by Gasteiger charge is 2.31. The summed E-state index contributed by atoms with van der Waals surface area (Å²) in [6.45, 7) is 4.29. The van der Waals surface area contributed by atoms with Crippen molar-refractivity contribution < 1.29 is 32.5 Å². The lowest BCUT2D eigenvalue weighted by atomic mass is 10.0. The molecule has 0 saturated carbocycles. The number of morpholine rings is 1. The molecule has 190 valence electrons. The summed E-state index contributed by atoms with van der Waals surface area (Å²) in [5.74, 6) is -0.358. The van der Waals surface area contributed by atoms with Gasteiger partial charge >= 0.3 is 6.18 Å². The number of aryl methyl sites for hydroxylation is 1. The summed E-state index contributed by atoms with van der Waals surface area (Å²) >= 11 is 0. The fraction of sp³-hybridized carbons (Fsp3) is 0.320. The number of pyridine rings is 2. The lowest BCUT2D eigenvalue weighted by Gasteiger charge is -2.30. The molecule has 0 atom stereocenters. The van der Waals surface area contributed by atoms with E-state index in [0.29, 0.717) is 43.9 Å². The van der Waals surface area contributed by atoms with E-state index < -0.39 is 17.6 Å². The Labute approximate surface area is 205 Å². The number of amides is 1. The average Bonchev–Trinajstić information content (AvgIpc) is 2.88. The average molecular weight is 502 g/mol. The Morgan fingerprint density at radius 3 is 2.67 bits per heavy atom. The molecule has 0 unspecified atom stereocenters. The van der Waals surface area contributed by atoms with Crippen LogP contribution >= 0.6 is 0 Å². The summed E-state index contributed by atoms with van der Waals surface area (Å²) in [7, 11) is 0. The van der Waals surface area contributed by atoms with Gasteiger partial charge in [0.05, 0.1) is 25.4 Å². The molecule has 3 aromatic rings. The molecule has 3 heterocycles. The molecule has 1 aromatic carbocycles. The van der Waals surface area contributed by atoms with Crippen molar-refractivity contribution in [2.75, 3.05) is 49.7 Å². The van der Waals surface area contributed by atoms with Crippen LogP contribution in [0.15, 0.2) is 48.8 Å². The van der Waals surface area contributed by atoms with E-state index in [4.69, 9.17) is 14.6 Å². The topological polar surface area (TPSA) is 96.8 Å². The van der Waals surface area contributed by atoms with Gasteiger partial charge in [-0.25, -0.2) is 4.98 Å². The van der Waals surface area contributed by atoms with Gasteiger partial charge in [0.15, 0.2) is 0 Å². The first-order valence-corrected chi connectivity index (χ1v) is 11.3. The van der Waals surface area contributed by atoms with Gasteiger partial charge in [0.2, 0.25) is 5.88 Å². The van der Waals surface area contributed by atoms with Gasteiger partial charge in [-0.05, 0) is 48.4 Å². The fourth-order valence-electron chi connectivity index (χ4n) is 3.81. The Balaban J connectivity index is 1.62. The highest BCUT2D eigenvalue weighted by atomic mass is 19.4. The smallest absolute Gasteiger partial charge is 0.416 e. The number of ether oxygens (including phenoxy) is 2. The van der Waals surface area contributed by atoms with Crippen LogP contribution < -0.4 is 15.0 Å². The molecule has 8 nitrogen and oxygen atoms in total. The number of carbonyl (C=O) groups excluding carboxylic acids is 1. The Hall–Kier alpha value is -3.70. The van der Waals surface area contributed by atoms with Crippen LogP contribution in [0.3, 0.4) is 0 Å². The zero-order valence-electron chi connectivity index (χ0n) is 19.5. The number of alkyl halides is 3. The lowest BCUT2D eigenvalue weighted by molar-refractivity contribution is -0.137.